The van der Waals surface area contributed by atoms with Crippen molar-refractivity contribution in [3.05, 3.63) is 93.1 Å². The van der Waals surface area contributed by atoms with Crippen LogP contribution < -0.4 is 5.84 Å². The van der Waals surface area contributed by atoms with Gasteiger partial charge in [0.25, 0.3) is 0 Å². The van der Waals surface area contributed by atoms with Crippen LogP contribution in [0.25, 0.3) is 89.7 Å². The van der Waals surface area contributed by atoms with E-state index >= 15 is 35.1 Å². The van der Waals surface area contributed by atoms with E-state index in [2.05, 4.69) is 47.6 Å². The summed E-state index contributed by atoms with van der Waals surface area (Å²) in [6, 6.07) is 6.81. The van der Waals surface area contributed by atoms with Gasteiger partial charge < -0.3 is 10.8 Å². The number of aromatic amines is 1. The standard InChI is InChI=1S/C48H43F8N9/c1-5-9-15-21-22(16-10-6-2)24(18-12-8-4)28-27(23(21)17-11-7-3)43-59-41-25-19-13-14-20-26(25)42(58-41)63-47-31-32(36(52)40(56)39(55)35(31)51)48(65(47)57)64-46-30-29(45(62-46)61-44(28)60-43)33(49)37(53)38(54)34(30)50/h13-14,19-20H,5-12,15-18,57H2,1-4H3,(H,58,59,60,61,62,63,64). The number of benzene rings is 4. The van der Waals surface area contributed by atoms with Crippen LogP contribution in [-0.2, 0) is 25.7 Å². The molecule has 9 nitrogen and oxygen atoms in total. The van der Waals surface area contributed by atoms with Gasteiger partial charge in [-0.25, -0.2) is 69.7 Å². The molecule has 0 fully saturated rings. The van der Waals surface area contributed by atoms with E-state index in [0.29, 0.717) is 39.7 Å². The first-order valence-corrected chi connectivity index (χ1v) is 22.0. The number of aryl methyl sites for hydroxylation is 2. The number of nitrogen functional groups attached to an aromatic ring is 1. The molecule has 4 aromatic carbocycles. The van der Waals surface area contributed by atoms with Crippen molar-refractivity contribution in [2.24, 2.45) is 0 Å². The molecule has 17 heteroatoms. The minimum atomic E-state index is -2.24. The van der Waals surface area contributed by atoms with Gasteiger partial charge >= 0.3 is 0 Å². The number of unbranched alkanes of at least 4 members (excludes halogenated alkanes) is 4. The molecule has 0 saturated heterocycles. The second-order valence-corrected chi connectivity index (χ2v) is 16.4. The molecule has 8 bridgehead atoms. The topological polar surface area (TPSA) is 124 Å². The smallest absolute Gasteiger partial charge is 0.198 e. The molecule has 0 atom stereocenters. The van der Waals surface area contributed by atoms with E-state index in [1.54, 1.807) is 24.3 Å². The first-order chi connectivity index (χ1) is 31.4. The Bertz CT molecular complexity index is 3290. The number of hydrogen-bond acceptors (Lipinski definition) is 7. The van der Waals surface area contributed by atoms with Gasteiger partial charge in [0, 0.05) is 21.9 Å². The van der Waals surface area contributed by atoms with Crippen LogP contribution in [0.5, 0.6) is 0 Å². The molecule has 0 aliphatic carbocycles. The molecule has 9 rings (SSSR count). The zero-order valence-electron chi connectivity index (χ0n) is 36.0. The van der Waals surface area contributed by atoms with Crippen LogP contribution in [0.4, 0.5) is 35.1 Å². The maximum atomic E-state index is 16.3. The molecule has 3 N–H and O–H groups in total. The Morgan fingerprint density at radius 1 is 0.431 bits per heavy atom. The second kappa shape index (κ2) is 17.1. The Morgan fingerprint density at radius 2 is 0.785 bits per heavy atom. The minimum absolute atomic E-state index is 0.103. The predicted molar refractivity (Wildman–Crippen MR) is 234 cm³/mol. The number of aromatic nitrogens is 8. The molecule has 0 unspecified atom stereocenters. The second-order valence-electron chi connectivity index (χ2n) is 16.4. The third kappa shape index (κ3) is 6.87. The van der Waals surface area contributed by atoms with E-state index in [9.17, 15) is 0 Å². The van der Waals surface area contributed by atoms with Crippen molar-refractivity contribution in [3.8, 4) is 45.6 Å². The SMILES string of the molecule is CCCCc1c(CCCC)c(CCCC)c2c3nc4nc(nc5c6c(F)c(F)c(F)c(F)c6c(nc6nc(nc([nH]3)c2c1CCCC)-c1ccccc1-6)n5N)-c1c(F)c(F)c(F)c(F)c1-4. The maximum Gasteiger partial charge on any atom is 0.198 e. The lowest BCUT2D eigenvalue weighted by atomic mass is 9.82. The van der Waals surface area contributed by atoms with Crippen molar-refractivity contribution in [3.63, 3.8) is 0 Å². The lowest BCUT2D eigenvalue weighted by Gasteiger charge is -2.22. The summed E-state index contributed by atoms with van der Waals surface area (Å²) in [5, 5.41) is -0.696. The van der Waals surface area contributed by atoms with Crippen molar-refractivity contribution in [2.45, 2.75) is 105 Å². The molecule has 0 spiro atoms. The number of H-pyrrole nitrogens is 1. The zero-order valence-corrected chi connectivity index (χ0v) is 36.0. The molecule has 2 aliphatic heterocycles. The van der Waals surface area contributed by atoms with E-state index in [1.165, 1.54) is 11.1 Å². The number of nitrogens with one attached hydrogen (secondary N) is 1. The maximum absolute atomic E-state index is 16.3. The highest BCUT2D eigenvalue weighted by Crippen LogP contribution is 2.44. The van der Waals surface area contributed by atoms with Gasteiger partial charge in [-0.2, -0.15) is 0 Å². The lowest BCUT2D eigenvalue weighted by molar-refractivity contribution is 0.412. The van der Waals surface area contributed by atoms with E-state index in [4.69, 9.17) is 20.8 Å². The first-order valence-electron chi connectivity index (χ1n) is 22.0. The fourth-order valence-electron chi connectivity index (χ4n) is 9.18. The molecule has 5 heterocycles. The van der Waals surface area contributed by atoms with Crippen LogP contribution in [0.15, 0.2) is 24.3 Å². The van der Waals surface area contributed by atoms with Crippen molar-refractivity contribution >= 4 is 44.1 Å². The average molecular weight is 898 g/mol. The van der Waals surface area contributed by atoms with Crippen molar-refractivity contribution in [2.75, 3.05) is 5.84 Å². The first kappa shape index (κ1) is 43.7. The van der Waals surface area contributed by atoms with E-state index in [1.807, 2.05) is 0 Å². The van der Waals surface area contributed by atoms with Crippen LogP contribution in [0.1, 0.15) is 101 Å². The number of rotatable bonds is 12. The number of hydrogen-bond donors (Lipinski definition) is 2. The summed E-state index contributed by atoms with van der Waals surface area (Å²) in [4.78, 5) is 31.0. The number of nitrogens with two attached hydrogens (primary N) is 1. The van der Waals surface area contributed by atoms with Gasteiger partial charge in [-0.1, -0.05) is 77.6 Å². The zero-order chi connectivity index (χ0) is 46.0. The summed E-state index contributed by atoms with van der Waals surface area (Å²) in [6.07, 6.45) is 9.77. The number of nitrogens with zero attached hydrogens (tertiary/aromatic N) is 7. The Morgan fingerprint density at radius 3 is 1.23 bits per heavy atom. The van der Waals surface area contributed by atoms with E-state index in [0.717, 1.165) is 80.7 Å². The number of fused-ring (bicyclic) bond motifs is 20. The molecule has 2 aliphatic rings. The molecule has 3 aromatic heterocycles. The van der Waals surface area contributed by atoms with Crippen LogP contribution in [-0.4, -0.2) is 39.6 Å². The highest BCUT2D eigenvalue weighted by molar-refractivity contribution is 6.10. The normalized spacial score (nSPS) is 12.2. The van der Waals surface area contributed by atoms with Gasteiger partial charge in [-0.05, 0) is 73.6 Å². The molecular weight excluding hydrogens is 855 g/mol. The van der Waals surface area contributed by atoms with Gasteiger partial charge in [0.15, 0.2) is 81.1 Å². The van der Waals surface area contributed by atoms with Crippen molar-refractivity contribution in [1.29, 1.82) is 0 Å². The van der Waals surface area contributed by atoms with Crippen LogP contribution >= 0.6 is 0 Å². The van der Waals surface area contributed by atoms with Gasteiger partial charge in [0.2, 0.25) is 0 Å². The van der Waals surface area contributed by atoms with Crippen LogP contribution in [0, 0.1) is 46.5 Å². The third-order valence-electron chi connectivity index (χ3n) is 12.4. The fourth-order valence-corrected chi connectivity index (χ4v) is 9.18. The summed E-state index contributed by atoms with van der Waals surface area (Å²) in [6.45, 7) is 8.42. The average Bonchev–Trinajstić information content (AvgIpc) is 4.03. The summed E-state index contributed by atoms with van der Waals surface area (Å²) >= 11 is 0. The Kier molecular flexibility index (Phi) is 11.5. The predicted octanol–water partition coefficient (Wildman–Crippen LogP) is 12.5. The highest BCUT2D eigenvalue weighted by Gasteiger charge is 2.35. The molecule has 0 saturated carbocycles. The van der Waals surface area contributed by atoms with Crippen LogP contribution in [0.3, 0.4) is 0 Å². The van der Waals surface area contributed by atoms with Crippen LogP contribution in [0.2, 0.25) is 0 Å². The largest absolute Gasteiger partial charge is 0.336 e. The summed E-state index contributed by atoms with van der Waals surface area (Å²) in [5.41, 5.74) is 2.05. The monoisotopic (exact) mass is 897 g/mol. The third-order valence-corrected chi connectivity index (χ3v) is 12.4. The van der Waals surface area contributed by atoms with E-state index < -0.39 is 91.4 Å². The van der Waals surface area contributed by atoms with Crippen molar-refractivity contribution < 1.29 is 35.1 Å². The Labute approximate surface area is 367 Å². The van der Waals surface area contributed by atoms with Gasteiger partial charge in [0.05, 0.1) is 21.9 Å². The summed E-state index contributed by atoms with van der Waals surface area (Å²) in [5.74, 6) is -11.6. The van der Waals surface area contributed by atoms with Crippen molar-refractivity contribution in [1.82, 2.24) is 39.6 Å². The fraction of sp³-hybridized carbons (Fsp3) is 0.333. The summed E-state index contributed by atoms with van der Waals surface area (Å²) in [7, 11) is 0. The van der Waals surface area contributed by atoms with Gasteiger partial charge in [0.1, 0.15) is 11.3 Å². The molecule has 0 amide bonds. The molecular formula is C48H43F8N9. The molecule has 0 radical (unpaired) electrons. The lowest BCUT2D eigenvalue weighted by Crippen LogP contribution is -2.09. The van der Waals surface area contributed by atoms with E-state index in [-0.39, 0.29) is 17.3 Å². The Hall–Kier alpha value is -6.52. The Balaban J connectivity index is 1.59. The molecule has 65 heavy (non-hydrogen) atoms. The van der Waals surface area contributed by atoms with Gasteiger partial charge in [-0.3, -0.25) is 0 Å². The highest BCUT2D eigenvalue weighted by atomic mass is 19.2. The minimum Gasteiger partial charge on any atom is -0.336 e. The summed E-state index contributed by atoms with van der Waals surface area (Å²) < 4.78 is 125. The quantitative estimate of drug-likeness (QED) is 0.0541. The molecule has 336 valence electrons. The van der Waals surface area contributed by atoms with Gasteiger partial charge in [-0.15, -0.1) is 0 Å². The number of halogens is 8. The molecule has 7 aromatic rings.